The largest absolute Gasteiger partial charge is 0.364 e. The molecule has 1 atom stereocenters. The van der Waals surface area contributed by atoms with Crippen LogP contribution in [0.2, 0.25) is 0 Å². The smallest absolute Gasteiger partial charge is 0.231 e. The van der Waals surface area contributed by atoms with Crippen molar-refractivity contribution in [2.75, 3.05) is 18.8 Å². The first-order valence-electron chi connectivity index (χ1n) is 8.32. The number of carbonyl (C=O) groups excluding carboxylic acids is 1. The van der Waals surface area contributed by atoms with Crippen molar-refractivity contribution in [3.63, 3.8) is 0 Å². The molecule has 0 fully saturated rings. The van der Waals surface area contributed by atoms with Gasteiger partial charge in [-0.1, -0.05) is 62.0 Å². The van der Waals surface area contributed by atoms with Gasteiger partial charge in [0.2, 0.25) is 5.91 Å². The van der Waals surface area contributed by atoms with E-state index >= 15 is 0 Å². The van der Waals surface area contributed by atoms with E-state index in [0.717, 1.165) is 28.7 Å². The molecule has 25 heavy (non-hydrogen) atoms. The number of thiophene rings is 1. The van der Waals surface area contributed by atoms with Crippen molar-refractivity contribution in [2.45, 2.75) is 19.9 Å². The summed E-state index contributed by atoms with van der Waals surface area (Å²) in [5.41, 5.74) is 1.28. The van der Waals surface area contributed by atoms with Crippen LogP contribution in [0.3, 0.4) is 0 Å². The lowest BCUT2D eigenvalue weighted by Crippen LogP contribution is -2.40. The second kappa shape index (κ2) is 8.06. The van der Waals surface area contributed by atoms with E-state index in [-0.39, 0.29) is 17.4 Å². The van der Waals surface area contributed by atoms with Crippen molar-refractivity contribution in [2.24, 2.45) is 10.4 Å². The Hall–Kier alpha value is -1.79. The molecule has 1 amide bonds. The van der Waals surface area contributed by atoms with Crippen molar-refractivity contribution >= 4 is 34.2 Å². The lowest BCUT2D eigenvalue weighted by atomic mass is 9.93. The number of hydrogen-bond acceptors (Lipinski definition) is 5. The summed E-state index contributed by atoms with van der Waals surface area (Å²) in [6, 6.07) is 14.1. The van der Waals surface area contributed by atoms with E-state index in [4.69, 9.17) is 0 Å². The number of amidine groups is 1. The highest BCUT2D eigenvalue weighted by atomic mass is 32.2. The molecule has 1 aliphatic rings. The first-order chi connectivity index (χ1) is 12.0. The molecule has 2 N–H and O–H groups in total. The third-order valence-electron chi connectivity index (χ3n) is 3.97. The summed E-state index contributed by atoms with van der Waals surface area (Å²) in [7, 11) is 0. The van der Waals surface area contributed by atoms with Crippen molar-refractivity contribution in [1.82, 2.24) is 10.6 Å². The molecular weight excluding hydrogens is 350 g/mol. The van der Waals surface area contributed by atoms with E-state index < -0.39 is 0 Å². The number of benzene rings is 1. The fourth-order valence-corrected chi connectivity index (χ4v) is 4.05. The Bertz CT molecular complexity index is 726. The molecule has 0 bridgehead atoms. The minimum absolute atomic E-state index is 0.0154. The number of aliphatic imine (C=N–C) groups is 1. The molecule has 6 heteroatoms. The monoisotopic (exact) mass is 373 g/mol. The molecule has 2 heterocycles. The summed E-state index contributed by atoms with van der Waals surface area (Å²) in [4.78, 5) is 18.2. The minimum atomic E-state index is -0.102. The number of amides is 1. The molecule has 0 aliphatic carbocycles. The molecule has 0 saturated carbocycles. The van der Waals surface area contributed by atoms with Crippen molar-refractivity contribution in [3.8, 4) is 0 Å². The second-order valence-electron chi connectivity index (χ2n) is 6.85. The van der Waals surface area contributed by atoms with Gasteiger partial charge in [-0.3, -0.25) is 9.79 Å². The predicted molar refractivity (Wildman–Crippen MR) is 107 cm³/mol. The van der Waals surface area contributed by atoms with Gasteiger partial charge < -0.3 is 10.6 Å². The molecule has 1 aromatic heterocycles. The third-order valence-corrected chi connectivity index (χ3v) is 5.87. The Morgan fingerprint density at radius 2 is 2.12 bits per heavy atom. The van der Waals surface area contributed by atoms with Gasteiger partial charge in [-0.05, 0) is 17.0 Å². The second-order valence-corrected chi connectivity index (χ2v) is 8.80. The lowest BCUT2D eigenvalue weighted by molar-refractivity contribution is -0.119. The molecule has 3 rings (SSSR count). The summed E-state index contributed by atoms with van der Waals surface area (Å²) in [5.74, 6) is 0.377. The maximum Gasteiger partial charge on any atom is 0.231 e. The number of nitrogens with one attached hydrogen (secondary N) is 2. The van der Waals surface area contributed by atoms with Gasteiger partial charge in [0.1, 0.15) is 0 Å². The van der Waals surface area contributed by atoms with Crippen LogP contribution in [0.4, 0.5) is 0 Å². The minimum Gasteiger partial charge on any atom is -0.364 e. The fourth-order valence-electron chi connectivity index (χ4n) is 2.57. The average Bonchev–Trinajstić information content (AvgIpc) is 3.14. The first-order valence-corrected chi connectivity index (χ1v) is 10.2. The number of thioether (sulfide) groups is 1. The Kier molecular flexibility index (Phi) is 5.81. The van der Waals surface area contributed by atoms with Gasteiger partial charge in [-0.25, -0.2) is 0 Å². The molecule has 132 valence electrons. The molecule has 0 unspecified atom stereocenters. The van der Waals surface area contributed by atoms with Crippen LogP contribution in [0.15, 0.2) is 52.8 Å². The zero-order valence-electron chi connectivity index (χ0n) is 14.5. The van der Waals surface area contributed by atoms with Crippen molar-refractivity contribution in [3.05, 3.63) is 58.3 Å². The van der Waals surface area contributed by atoms with E-state index in [9.17, 15) is 4.79 Å². The van der Waals surface area contributed by atoms with Gasteiger partial charge in [0, 0.05) is 23.4 Å². The van der Waals surface area contributed by atoms with Crippen LogP contribution in [0, 0.1) is 5.41 Å². The van der Waals surface area contributed by atoms with Crippen LogP contribution in [-0.2, 0) is 4.79 Å². The Labute approximate surface area is 157 Å². The van der Waals surface area contributed by atoms with Gasteiger partial charge >= 0.3 is 0 Å². The van der Waals surface area contributed by atoms with Gasteiger partial charge in [0.25, 0.3) is 0 Å². The average molecular weight is 374 g/mol. The highest BCUT2D eigenvalue weighted by molar-refractivity contribution is 8.14. The fraction of sp³-hybridized carbons (Fsp3) is 0.368. The number of hydrogen-bond donors (Lipinski definition) is 2. The van der Waals surface area contributed by atoms with Gasteiger partial charge in [0.15, 0.2) is 5.17 Å². The number of carbonyl (C=O) groups is 1. The SMILES string of the molecule is CC1(C)CN=C(SCC(=O)N[C@@H](c2ccccc2)c2cccs2)NC1. The van der Waals surface area contributed by atoms with Crippen LogP contribution in [0.1, 0.15) is 30.3 Å². The maximum atomic E-state index is 12.5. The van der Waals surface area contributed by atoms with Crippen molar-refractivity contribution in [1.29, 1.82) is 0 Å². The molecular formula is C19H23N3OS2. The first kappa shape index (κ1) is 18.0. The van der Waals surface area contributed by atoms with Crippen LogP contribution in [0.25, 0.3) is 0 Å². The maximum absolute atomic E-state index is 12.5. The van der Waals surface area contributed by atoms with Crippen LogP contribution in [0.5, 0.6) is 0 Å². The van der Waals surface area contributed by atoms with E-state index in [1.165, 1.54) is 11.8 Å². The Morgan fingerprint density at radius 3 is 2.76 bits per heavy atom. The van der Waals surface area contributed by atoms with E-state index in [2.05, 4.69) is 35.5 Å². The normalized spacial score (nSPS) is 17.3. The Morgan fingerprint density at radius 1 is 1.32 bits per heavy atom. The zero-order valence-corrected chi connectivity index (χ0v) is 16.1. The standard InChI is InChI=1S/C19H23N3OS2/c1-19(2)12-20-18(21-13-19)25-11-16(23)22-17(15-9-6-10-24-15)14-7-4-3-5-8-14/h3-10,17H,11-13H2,1-2H3,(H,20,21)(H,22,23)/t17-/m0/s1. The summed E-state index contributed by atoms with van der Waals surface area (Å²) in [6.45, 7) is 6.06. The van der Waals surface area contributed by atoms with E-state index in [1.54, 1.807) is 11.3 Å². The quantitative estimate of drug-likeness (QED) is 0.841. The summed E-state index contributed by atoms with van der Waals surface area (Å²) >= 11 is 3.13. The van der Waals surface area contributed by atoms with Crippen LogP contribution >= 0.6 is 23.1 Å². The van der Waals surface area contributed by atoms with Gasteiger partial charge in [-0.2, -0.15) is 0 Å². The number of nitrogens with zero attached hydrogens (tertiary/aromatic N) is 1. The molecule has 4 nitrogen and oxygen atoms in total. The van der Waals surface area contributed by atoms with E-state index in [1.807, 2.05) is 41.8 Å². The highest BCUT2D eigenvalue weighted by Gasteiger charge is 2.23. The number of rotatable bonds is 5. The van der Waals surface area contributed by atoms with E-state index in [0.29, 0.717) is 5.75 Å². The van der Waals surface area contributed by atoms with Crippen LogP contribution < -0.4 is 10.6 Å². The van der Waals surface area contributed by atoms with Gasteiger partial charge in [0.05, 0.1) is 11.8 Å². The topological polar surface area (TPSA) is 53.5 Å². The summed E-state index contributed by atoms with van der Waals surface area (Å²) in [5, 5.41) is 9.37. The molecule has 0 saturated heterocycles. The summed E-state index contributed by atoms with van der Waals surface area (Å²) in [6.07, 6.45) is 0. The highest BCUT2D eigenvalue weighted by Crippen LogP contribution is 2.26. The van der Waals surface area contributed by atoms with Crippen molar-refractivity contribution < 1.29 is 4.79 Å². The molecule has 1 aliphatic heterocycles. The predicted octanol–water partition coefficient (Wildman–Crippen LogP) is 3.67. The molecule has 0 spiro atoms. The lowest BCUT2D eigenvalue weighted by Gasteiger charge is -2.28. The third kappa shape index (κ3) is 5.09. The Balaban J connectivity index is 1.61. The molecule has 0 radical (unpaired) electrons. The van der Waals surface area contributed by atoms with Crippen LogP contribution in [-0.4, -0.2) is 29.9 Å². The molecule has 1 aromatic carbocycles. The van der Waals surface area contributed by atoms with Gasteiger partial charge in [-0.15, -0.1) is 11.3 Å². The molecule has 2 aromatic rings. The zero-order chi connectivity index (χ0) is 17.7. The summed E-state index contributed by atoms with van der Waals surface area (Å²) < 4.78 is 0.